The molecule has 5 heteroatoms. The van der Waals surface area contributed by atoms with Gasteiger partial charge in [-0.3, -0.25) is 4.98 Å². The molecule has 4 rings (SSSR count). The first-order chi connectivity index (χ1) is 12.2. The largest absolute Gasteiger partial charge is 0.508 e. The Morgan fingerprint density at radius 2 is 1.64 bits per heavy atom. The van der Waals surface area contributed by atoms with E-state index in [1.165, 1.54) is 0 Å². The second-order valence-corrected chi connectivity index (χ2v) is 5.56. The lowest BCUT2D eigenvalue weighted by molar-refractivity contribution is 0.475. The summed E-state index contributed by atoms with van der Waals surface area (Å²) in [5, 5.41) is 18.5. The third kappa shape index (κ3) is 2.89. The first kappa shape index (κ1) is 14.8. The molecule has 5 nitrogen and oxygen atoms in total. The fraction of sp³-hybridized carbons (Fsp3) is 0. The minimum absolute atomic E-state index is 0.200. The van der Waals surface area contributed by atoms with Gasteiger partial charge in [-0.15, -0.1) is 0 Å². The minimum Gasteiger partial charge on any atom is -0.508 e. The summed E-state index contributed by atoms with van der Waals surface area (Å²) in [4.78, 5) is 13.3. The number of phenols is 1. The number of pyridine rings is 1. The fourth-order valence-corrected chi connectivity index (χ4v) is 2.59. The summed E-state index contributed by atoms with van der Waals surface area (Å²) in [5.74, 6) is 0.767. The maximum Gasteiger partial charge on any atom is 0.159 e. The SMILES string of the molecule is N#Cc1cccc(-c2cnc3cnc(-c4ccc(O)cc4)nc3c2)c1. The molecule has 0 fully saturated rings. The number of phenolic OH excluding ortho intramolecular Hbond substituents is 1. The topological polar surface area (TPSA) is 82.7 Å². The summed E-state index contributed by atoms with van der Waals surface area (Å²) >= 11 is 0. The van der Waals surface area contributed by atoms with Gasteiger partial charge in [-0.2, -0.15) is 5.26 Å². The molecule has 0 saturated heterocycles. The van der Waals surface area contributed by atoms with Gasteiger partial charge >= 0.3 is 0 Å². The summed E-state index contributed by atoms with van der Waals surface area (Å²) in [6.45, 7) is 0. The second-order valence-electron chi connectivity index (χ2n) is 5.56. The molecule has 0 aliphatic carbocycles. The Morgan fingerprint density at radius 3 is 2.44 bits per heavy atom. The molecular weight excluding hydrogens is 312 g/mol. The quantitative estimate of drug-likeness (QED) is 0.604. The number of hydrogen-bond acceptors (Lipinski definition) is 5. The van der Waals surface area contributed by atoms with Crippen molar-refractivity contribution >= 4 is 11.0 Å². The van der Waals surface area contributed by atoms with E-state index in [1.807, 2.05) is 24.3 Å². The predicted octanol–water partition coefficient (Wildman–Crippen LogP) is 3.94. The molecule has 0 aliphatic rings. The molecule has 118 valence electrons. The molecular formula is C20H12N4O. The fourth-order valence-electron chi connectivity index (χ4n) is 2.59. The zero-order valence-corrected chi connectivity index (χ0v) is 13.1. The van der Waals surface area contributed by atoms with E-state index in [-0.39, 0.29) is 5.75 Å². The van der Waals surface area contributed by atoms with Crippen molar-refractivity contribution in [1.82, 2.24) is 15.0 Å². The van der Waals surface area contributed by atoms with Crippen LogP contribution in [0, 0.1) is 11.3 Å². The molecule has 2 aromatic carbocycles. The Bertz CT molecular complexity index is 1110. The number of nitriles is 1. The van der Waals surface area contributed by atoms with Gasteiger partial charge in [-0.1, -0.05) is 12.1 Å². The van der Waals surface area contributed by atoms with Gasteiger partial charge in [0.1, 0.15) is 11.3 Å². The summed E-state index contributed by atoms with van der Waals surface area (Å²) in [6, 6.07) is 18.2. The van der Waals surface area contributed by atoms with Crippen LogP contribution in [0.2, 0.25) is 0 Å². The second kappa shape index (κ2) is 6.02. The highest BCUT2D eigenvalue weighted by Crippen LogP contribution is 2.24. The van der Waals surface area contributed by atoms with Gasteiger partial charge in [0.05, 0.1) is 23.3 Å². The molecule has 0 saturated carbocycles. The van der Waals surface area contributed by atoms with E-state index in [1.54, 1.807) is 42.7 Å². The molecule has 2 aromatic heterocycles. The van der Waals surface area contributed by atoms with Crippen LogP contribution in [0.15, 0.2) is 67.0 Å². The van der Waals surface area contributed by atoms with Crippen LogP contribution in [0.25, 0.3) is 33.5 Å². The van der Waals surface area contributed by atoms with Crippen molar-refractivity contribution in [1.29, 1.82) is 5.26 Å². The number of benzene rings is 2. The number of aromatic nitrogens is 3. The molecule has 0 radical (unpaired) electrons. The first-order valence-corrected chi connectivity index (χ1v) is 7.66. The molecule has 0 aliphatic heterocycles. The smallest absolute Gasteiger partial charge is 0.159 e. The van der Waals surface area contributed by atoms with Gasteiger partial charge < -0.3 is 5.11 Å². The Hall–Kier alpha value is -3.78. The van der Waals surface area contributed by atoms with Crippen molar-refractivity contribution in [3.8, 4) is 34.3 Å². The van der Waals surface area contributed by atoms with E-state index in [9.17, 15) is 5.11 Å². The van der Waals surface area contributed by atoms with Crippen LogP contribution < -0.4 is 0 Å². The summed E-state index contributed by atoms with van der Waals surface area (Å²) in [7, 11) is 0. The van der Waals surface area contributed by atoms with E-state index < -0.39 is 0 Å². The molecule has 0 atom stereocenters. The van der Waals surface area contributed by atoms with E-state index >= 15 is 0 Å². The van der Waals surface area contributed by atoms with Gasteiger partial charge in [-0.25, -0.2) is 9.97 Å². The highest BCUT2D eigenvalue weighted by Gasteiger charge is 2.07. The summed E-state index contributed by atoms with van der Waals surface area (Å²) < 4.78 is 0. The Labute approximate surface area is 143 Å². The molecule has 0 spiro atoms. The maximum absolute atomic E-state index is 9.41. The number of aromatic hydroxyl groups is 1. The Morgan fingerprint density at radius 1 is 0.800 bits per heavy atom. The van der Waals surface area contributed by atoms with Crippen LogP contribution in [-0.4, -0.2) is 20.1 Å². The lowest BCUT2D eigenvalue weighted by atomic mass is 10.0. The number of rotatable bonds is 2. The zero-order chi connectivity index (χ0) is 17.2. The molecule has 2 heterocycles. The maximum atomic E-state index is 9.41. The predicted molar refractivity (Wildman–Crippen MR) is 94.6 cm³/mol. The highest BCUT2D eigenvalue weighted by molar-refractivity contribution is 5.81. The Kier molecular flexibility index (Phi) is 3.56. The number of nitrogens with zero attached hydrogens (tertiary/aromatic N) is 4. The van der Waals surface area contributed by atoms with Gasteiger partial charge in [0.15, 0.2) is 5.82 Å². The van der Waals surface area contributed by atoms with Crippen LogP contribution in [0.4, 0.5) is 0 Å². The molecule has 4 aromatic rings. The Balaban J connectivity index is 1.81. The van der Waals surface area contributed by atoms with E-state index in [0.717, 1.165) is 22.2 Å². The summed E-state index contributed by atoms with van der Waals surface area (Å²) in [6.07, 6.45) is 3.43. The van der Waals surface area contributed by atoms with Crippen LogP contribution in [0.1, 0.15) is 5.56 Å². The monoisotopic (exact) mass is 324 g/mol. The molecule has 0 unspecified atom stereocenters. The van der Waals surface area contributed by atoms with Crippen molar-refractivity contribution in [2.45, 2.75) is 0 Å². The lowest BCUT2D eigenvalue weighted by Gasteiger charge is -2.05. The standard InChI is InChI=1S/C20H12N4O/c21-10-13-2-1-3-15(8-13)16-9-18-19(22-11-16)12-23-20(24-18)14-4-6-17(25)7-5-14/h1-9,11-12,25H. The van der Waals surface area contributed by atoms with Crippen molar-refractivity contribution in [3.63, 3.8) is 0 Å². The van der Waals surface area contributed by atoms with Gasteiger partial charge in [0.2, 0.25) is 0 Å². The van der Waals surface area contributed by atoms with E-state index in [4.69, 9.17) is 5.26 Å². The van der Waals surface area contributed by atoms with Crippen molar-refractivity contribution < 1.29 is 5.11 Å². The van der Waals surface area contributed by atoms with Crippen LogP contribution in [0.3, 0.4) is 0 Å². The average molecular weight is 324 g/mol. The minimum atomic E-state index is 0.200. The molecule has 25 heavy (non-hydrogen) atoms. The van der Waals surface area contributed by atoms with Crippen molar-refractivity contribution in [3.05, 3.63) is 72.6 Å². The molecule has 1 N–H and O–H groups in total. The van der Waals surface area contributed by atoms with Crippen LogP contribution in [-0.2, 0) is 0 Å². The lowest BCUT2D eigenvalue weighted by Crippen LogP contribution is -1.92. The number of fused-ring (bicyclic) bond motifs is 1. The molecule has 0 bridgehead atoms. The van der Waals surface area contributed by atoms with Crippen molar-refractivity contribution in [2.75, 3.05) is 0 Å². The highest BCUT2D eigenvalue weighted by atomic mass is 16.3. The van der Waals surface area contributed by atoms with Gasteiger partial charge in [-0.05, 0) is 48.0 Å². The summed E-state index contributed by atoms with van der Waals surface area (Å²) in [5.41, 5.74) is 4.64. The third-order valence-corrected chi connectivity index (χ3v) is 3.88. The van der Waals surface area contributed by atoms with Crippen LogP contribution in [0.5, 0.6) is 5.75 Å². The zero-order valence-electron chi connectivity index (χ0n) is 13.1. The van der Waals surface area contributed by atoms with Gasteiger partial charge in [0, 0.05) is 17.3 Å². The van der Waals surface area contributed by atoms with Gasteiger partial charge in [0.25, 0.3) is 0 Å². The van der Waals surface area contributed by atoms with Crippen molar-refractivity contribution in [2.24, 2.45) is 0 Å². The van der Waals surface area contributed by atoms with Crippen LogP contribution >= 0.6 is 0 Å². The normalized spacial score (nSPS) is 10.5. The average Bonchev–Trinajstić information content (AvgIpc) is 2.68. The third-order valence-electron chi connectivity index (χ3n) is 3.88. The number of hydrogen-bond donors (Lipinski definition) is 1. The molecule has 0 amide bonds. The van der Waals surface area contributed by atoms with E-state index in [2.05, 4.69) is 21.0 Å². The first-order valence-electron chi connectivity index (χ1n) is 7.66. The van der Waals surface area contributed by atoms with E-state index in [0.29, 0.717) is 16.9 Å².